The summed E-state index contributed by atoms with van der Waals surface area (Å²) in [6, 6.07) is 14.2. The summed E-state index contributed by atoms with van der Waals surface area (Å²) in [6.45, 7) is 0.0374. The molecule has 0 aliphatic carbocycles. The maximum absolute atomic E-state index is 11.5. The first-order valence-corrected chi connectivity index (χ1v) is 8.30. The van der Waals surface area contributed by atoms with E-state index in [4.69, 9.17) is 5.53 Å². The van der Waals surface area contributed by atoms with Gasteiger partial charge >= 0.3 is 0 Å². The van der Waals surface area contributed by atoms with Gasteiger partial charge in [0.25, 0.3) is 0 Å². The van der Waals surface area contributed by atoms with Crippen LogP contribution >= 0.6 is 0 Å². The number of piperidine rings is 1. The fraction of sp³-hybridized carbons (Fsp3) is 0.278. The van der Waals surface area contributed by atoms with Crippen LogP contribution in [0, 0.1) is 5.53 Å². The molecule has 2 N–H and O–H groups in total. The third kappa shape index (κ3) is 2.44. The maximum Gasteiger partial charge on any atom is 0.214 e. The molecule has 3 aromatic rings. The number of benzene rings is 2. The molecule has 1 saturated heterocycles. The Morgan fingerprint density at radius 1 is 1.12 bits per heavy atom. The highest BCUT2D eigenvalue weighted by atomic mass is 16.4. The van der Waals surface area contributed by atoms with Gasteiger partial charge in [0.05, 0.1) is 12.6 Å². The number of nitrogens with one attached hydrogen (secondary N) is 1. The zero-order valence-corrected chi connectivity index (χ0v) is 13.8. The van der Waals surface area contributed by atoms with E-state index in [1.807, 2.05) is 53.1 Å². The summed E-state index contributed by atoms with van der Waals surface area (Å²) in [5.41, 5.74) is 8.77. The van der Waals surface area contributed by atoms with Crippen molar-refractivity contribution in [3.8, 4) is 0 Å². The van der Waals surface area contributed by atoms with Crippen molar-refractivity contribution in [3.63, 3.8) is 0 Å². The van der Waals surface area contributed by atoms with Crippen molar-refractivity contribution in [2.75, 3.05) is 13.1 Å². The van der Waals surface area contributed by atoms with Crippen LogP contribution in [0.15, 0.2) is 53.6 Å². The molecule has 3 unspecified atom stereocenters. The highest BCUT2D eigenvalue weighted by Crippen LogP contribution is 2.35. The molecular formula is C18H17N5O3. The molecule has 8 nitrogen and oxygen atoms in total. The lowest BCUT2D eigenvalue weighted by Crippen LogP contribution is -2.56. The molecular weight excluding hydrogens is 334 g/mol. The molecule has 1 aliphatic rings. The maximum atomic E-state index is 11.5. The number of carbonyl (C=O) groups excluding carboxylic acids is 1. The van der Waals surface area contributed by atoms with E-state index in [-0.39, 0.29) is 13.1 Å². The number of fused-ring (bicyclic) bond motifs is 3. The predicted molar refractivity (Wildman–Crippen MR) is 92.5 cm³/mol. The van der Waals surface area contributed by atoms with Crippen LogP contribution in [0.5, 0.6) is 0 Å². The van der Waals surface area contributed by atoms with Gasteiger partial charge in [-0.2, -0.15) is 0 Å². The summed E-state index contributed by atoms with van der Waals surface area (Å²) in [6.07, 6.45) is -2.30. The Morgan fingerprint density at radius 2 is 1.69 bits per heavy atom. The zero-order valence-electron chi connectivity index (χ0n) is 13.8. The number of hydrogen-bond donors (Lipinski definition) is 2. The van der Waals surface area contributed by atoms with E-state index in [0.29, 0.717) is 0 Å². The Bertz CT molecular complexity index is 986. The molecule has 1 fully saturated rings. The lowest BCUT2D eigenvalue weighted by Gasteiger charge is -2.40. The fourth-order valence-corrected chi connectivity index (χ4v) is 3.87. The zero-order chi connectivity index (χ0) is 18.3. The van der Waals surface area contributed by atoms with E-state index in [2.05, 4.69) is 10.0 Å². The van der Waals surface area contributed by atoms with E-state index in [1.165, 1.54) is 0 Å². The second-order valence-electron chi connectivity index (χ2n) is 6.42. The minimum atomic E-state index is -1.33. The summed E-state index contributed by atoms with van der Waals surface area (Å²) in [5, 5.41) is 28.1. The van der Waals surface area contributed by atoms with Crippen molar-refractivity contribution in [1.82, 2.24) is 14.4 Å². The van der Waals surface area contributed by atoms with Gasteiger partial charge in [0.15, 0.2) is 6.04 Å². The van der Waals surface area contributed by atoms with E-state index < -0.39 is 24.3 Å². The van der Waals surface area contributed by atoms with Crippen LogP contribution in [0.3, 0.4) is 0 Å². The van der Waals surface area contributed by atoms with Gasteiger partial charge in [0, 0.05) is 28.4 Å². The van der Waals surface area contributed by atoms with E-state index in [1.54, 1.807) is 0 Å². The summed E-state index contributed by atoms with van der Waals surface area (Å²) < 4.78 is 1.96. The Morgan fingerprint density at radius 3 is 2.23 bits per heavy atom. The molecule has 4 rings (SSSR count). The summed E-state index contributed by atoms with van der Waals surface area (Å²) in [4.78, 5) is 15.6. The third-order valence-corrected chi connectivity index (χ3v) is 5.02. The van der Waals surface area contributed by atoms with Gasteiger partial charge in [-0.1, -0.05) is 36.4 Å². The number of nitrogens with zero attached hydrogens (tertiary/aromatic N) is 4. The minimum absolute atomic E-state index is 0.0421. The first kappa shape index (κ1) is 16.3. The number of likely N-dealkylation sites (tertiary alicyclic amines) is 1. The van der Waals surface area contributed by atoms with Crippen molar-refractivity contribution < 1.29 is 15.0 Å². The van der Waals surface area contributed by atoms with Gasteiger partial charge in [-0.25, -0.2) is 0 Å². The van der Waals surface area contributed by atoms with Crippen molar-refractivity contribution in [1.29, 1.82) is 5.53 Å². The van der Waals surface area contributed by atoms with Gasteiger partial charge < -0.3 is 24.5 Å². The molecule has 2 aromatic carbocycles. The Balaban J connectivity index is 1.94. The number of aliphatic hydroxyl groups is 1. The second kappa shape index (κ2) is 6.25. The molecule has 3 atom stereocenters. The molecule has 26 heavy (non-hydrogen) atoms. The number of rotatable bonds is 2. The van der Waals surface area contributed by atoms with Gasteiger partial charge in [-0.15, -0.1) is 0 Å². The second-order valence-corrected chi connectivity index (χ2v) is 6.42. The van der Waals surface area contributed by atoms with Crippen LogP contribution in [-0.2, 0) is 0 Å². The predicted octanol–water partition coefficient (Wildman–Crippen LogP) is 1.27. The molecule has 0 radical (unpaired) electrons. The summed E-state index contributed by atoms with van der Waals surface area (Å²) in [5.74, 6) is 0. The average Bonchev–Trinajstić information content (AvgIpc) is 2.98. The largest absolute Gasteiger partial charge is 0.530 e. The Hall–Kier alpha value is -3.22. The van der Waals surface area contributed by atoms with Crippen molar-refractivity contribution in [2.24, 2.45) is 5.11 Å². The first-order valence-electron chi connectivity index (χ1n) is 8.30. The number of aliphatic hydroxyl groups excluding tert-OH is 1. The van der Waals surface area contributed by atoms with E-state index in [9.17, 15) is 15.0 Å². The van der Waals surface area contributed by atoms with E-state index >= 15 is 0 Å². The van der Waals surface area contributed by atoms with E-state index in [0.717, 1.165) is 26.7 Å². The summed E-state index contributed by atoms with van der Waals surface area (Å²) in [7, 11) is 0. The van der Waals surface area contributed by atoms with Gasteiger partial charge in [0.2, 0.25) is 4.91 Å². The number of carboxylic acid groups (broad SMARTS) is 1. The first-order chi connectivity index (χ1) is 12.6. The van der Waals surface area contributed by atoms with Gasteiger partial charge in [-0.3, -0.25) is 0 Å². The highest BCUT2D eigenvalue weighted by molar-refractivity contribution is 6.08. The molecule has 1 aromatic heterocycles. The van der Waals surface area contributed by atoms with Crippen LogP contribution in [0.2, 0.25) is 0 Å². The van der Waals surface area contributed by atoms with Gasteiger partial charge in [-0.05, 0) is 12.1 Å². The van der Waals surface area contributed by atoms with Crippen LogP contribution in [0.1, 0.15) is 6.04 Å². The number of hydrogen-bond acceptors (Lipinski definition) is 5. The van der Waals surface area contributed by atoms with Crippen LogP contribution in [-0.4, -0.2) is 45.9 Å². The van der Waals surface area contributed by atoms with Crippen molar-refractivity contribution in [2.45, 2.75) is 18.2 Å². The molecule has 0 bridgehead atoms. The van der Waals surface area contributed by atoms with Crippen molar-refractivity contribution >= 4 is 27.9 Å². The Kier molecular flexibility index (Phi) is 3.91. The van der Waals surface area contributed by atoms with Crippen molar-refractivity contribution in [3.05, 3.63) is 48.5 Å². The normalized spacial score (nSPS) is 23.1. The number of para-hydroxylation sites is 2. The van der Waals surface area contributed by atoms with Crippen LogP contribution in [0.25, 0.3) is 21.8 Å². The number of carbonyl (C=O) groups is 1. The molecule has 2 heterocycles. The Labute approximate surface area is 148 Å². The highest BCUT2D eigenvalue weighted by Gasteiger charge is 2.40. The van der Waals surface area contributed by atoms with Crippen LogP contribution < -0.4 is 10.0 Å². The monoisotopic (exact) mass is 351 g/mol. The fourth-order valence-electron chi connectivity index (χ4n) is 3.87. The quantitative estimate of drug-likeness (QED) is 0.534. The van der Waals surface area contributed by atoms with Crippen LogP contribution in [0.4, 0.5) is 4.79 Å². The average molecular weight is 351 g/mol. The lowest BCUT2D eigenvalue weighted by atomic mass is 9.97. The lowest BCUT2D eigenvalue weighted by molar-refractivity contribution is -0.268. The SMILES string of the molecule is N=[N+]=NC1CN(C(=O)[O-])CC(n2c3ccccc3c3ccccc32)C1O. The molecule has 0 spiro atoms. The topological polar surface area (TPSA) is 119 Å². The minimum Gasteiger partial charge on any atom is -0.530 e. The molecule has 1 aliphatic heterocycles. The smallest absolute Gasteiger partial charge is 0.214 e. The molecule has 0 saturated carbocycles. The molecule has 8 heteroatoms. The summed E-state index contributed by atoms with van der Waals surface area (Å²) >= 11 is 0. The standard InChI is InChI=1S/C18H17N5O3/c19-21-20-13-9-22(18(25)26)10-16(17(13)24)23-14-7-3-1-5-11(14)12-6-2-4-8-15(12)23/h1-8,13,16-17,19,24H,9-10H2. The molecule has 1 amide bonds. The number of amides is 1. The van der Waals surface area contributed by atoms with Gasteiger partial charge in [0.1, 0.15) is 22.8 Å². The molecule has 132 valence electrons. The number of aromatic nitrogens is 1. The third-order valence-electron chi connectivity index (χ3n) is 5.02.